The van der Waals surface area contributed by atoms with Crippen molar-refractivity contribution in [2.45, 2.75) is 84.0 Å². The summed E-state index contributed by atoms with van der Waals surface area (Å²) in [5.41, 5.74) is 0. The molecule has 1 aliphatic heterocycles. The van der Waals surface area contributed by atoms with Gasteiger partial charge in [0.1, 0.15) is 5.78 Å². The normalized spacial score (nSPS) is 17.0. The number of piperidine rings is 1. The van der Waals surface area contributed by atoms with E-state index in [0.717, 1.165) is 32.5 Å². The van der Waals surface area contributed by atoms with Crippen LogP contribution < -0.4 is 0 Å². The van der Waals surface area contributed by atoms with Crippen molar-refractivity contribution in [1.29, 1.82) is 0 Å². The molecule has 0 aromatic carbocycles. The predicted molar refractivity (Wildman–Crippen MR) is 82.5 cm³/mol. The molecule has 0 bridgehead atoms. The first-order valence-corrected chi connectivity index (χ1v) is 8.57. The zero-order valence-corrected chi connectivity index (χ0v) is 13.0. The van der Waals surface area contributed by atoms with Crippen molar-refractivity contribution in [1.82, 2.24) is 4.90 Å². The molecule has 0 atom stereocenters. The summed E-state index contributed by atoms with van der Waals surface area (Å²) in [5.74, 6) is 0.443. The third-order valence-corrected chi connectivity index (χ3v) is 4.16. The second-order valence-electron chi connectivity index (χ2n) is 6.10. The van der Waals surface area contributed by atoms with Gasteiger partial charge in [0.25, 0.3) is 0 Å². The molecular weight excluding hydrogens is 234 g/mol. The van der Waals surface area contributed by atoms with E-state index in [9.17, 15) is 4.79 Å². The van der Waals surface area contributed by atoms with E-state index in [1.165, 1.54) is 64.2 Å². The topological polar surface area (TPSA) is 20.3 Å². The average Bonchev–Trinajstić information content (AvgIpc) is 2.41. The lowest BCUT2D eigenvalue weighted by molar-refractivity contribution is -0.122. The van der Waals surface area contributed by atoms with E-state index in [1.54, 1.807) is 0 Å². The van der Waals surface area contributed by atoms with Gasteiger partial charge in [-0.1, -0.05) is 64.7 Å². The standard InChI is InChI=1S/C17H33NO/c1-2-3-4-5-6-7-8-9-10-11-14-18-15-12-13-17(19)16-18/h2-16H2,1H3. The molecule has 0 spiro atoms. The fourth-order valence-corrected chi connectivity index (χ4v) is 2.92. The van der Waals surface area contributed by atoms with Gasteiger partial charge in [0, 0.05) is 6.42 Å². The molecule has 1 rings (SSSR count). The van der Waals surface area contributed by atoms with Gasteiger partial charge >= 0.3 is 0 Å². The van der Waals surface area contributed by atoms with Crippen LogP contribution in [0.5, 0.6) is 0 Å². The summed E-state index contributed by atoms with van der Waals surface area (Å²) in [6, 6.07) is 0. The van der Waals surface area contributed by atoms with Crippen molar-refractivity contribution in [2.24, 2.45) is 0 Å². The van der Waals surface area contributed by atoms with E-state index < -0.39 is 0 Å². The van der Waals surface area contributed by atoms with Gasteiger partial charge in [0.15, 0.2) is 0 Å². The summed E-state index contributed by atoms with van der Waals surface area (Å²) in [4.78, 5) is 13.7. The van der Waals surface area contributed by atoms with Crippen LogP contribution in [-0.4, -0.2) is 30.3 Å². The Labute approximate surface area is 119 Å². The fraction of sp³-hybridized carbons (Fsp3) is 0.941. The Balaban J connectivity index is 1.79. The van der Waals surface area contributed by atoms with Gasteiger partial charge in [-0.05, 0) is 25.9 Å². The number of ketones is 1. The highest BCUT2D eigenvalue weighted by molar-refractivity contribution is 5.81. The van der Waals surface area contributed by atoms with Crippen LogP contribution in [0.25, 0.3) is 0 Å². The summed E-state index contributed by atoms with van der Waals surface area (Å²) in [6.07, 6.45) is 15.8. The van der Waals surface area contributed by atoms with Crippen LogP contribution in [0.1, 0.15) is 84.0 Å². The van der Waals surface area contributed by atoms with Gasteiger partial charge in [-0.2, -0.15) is 0 Å². The molecule has 1 saturated heterocycles. The number of carbonyl (C=O) groups is 1. The van der Waals surface area contributed by atoms with Crippen LogP contribution in [0.2, 0.25) is 0 Å². The minimum Gasteiger partial charge on any atom is -0.298 e. The van der Waals surface area contributed by atoms with E-state index in [1.807, 2.05) is 0 Å². The molecule has 112 valence electrons. The second-order valence-corrected chi connectivity index (χ2v) is 6.10. The molecule has 0 aromatic rings. The van der Waals surface area contributed by atoms with Gasteiger partial charge in [-0.25, -0.2) is 0 Å². The van der Waals surface area contributed by atoms with Crippen molar-refractivity contribution >= 4 is 5.78 Å². The largest absolute Gasteiger partial charge is 0.298 e. The minimum atomic E-state index is 0.443. The summed E-state index contributed by atoms with van der Waals surface area (Å²) >= 11 is 0. The highest BCUT2D eigenvalue weighted by Gasteiger charge is 2.15. The lowest BCUT2D eigenvalue weighted by Gasteiger charge is -2.25. The number of Topliss-reactive ketones (excluding diaryl/α,β-unsaturated/α-hetero) is 1. The van der Waals surface area contributed by atoms with Crippen LogP contribution in [-0.2, 0) is 4.79 Å². The van der Waals surface area contributed by atoms with Crippen molar-refractivity contribution in [2.75, 3.05) is 19.6 Å². The predicted octanol–water partition coefficient (Wildman–Crippen LogP) is 4.57. The van der Waals surface area contributed by atoms with Gasteiger partial charge < -0.3 is 0 Å². The van der Waals surface area contributed by atoms with E-state index in [0.29, 0.717) is 5.78 Å². The maximum Gasteiger partial charge on any atom is 0.146 e. The van der Waals surface area contributed by atoms with E-state index >= 15 is 0 Å². The third kappa shape index (κ3) is 9.21. The quantitative estimate of drug-likeness (QED) is 0.511. The number of likely N-dealkylation sites (tertiary alicyclic amines) is 1. The smallest absolute Gasteiger partial charge is 0.146 e. The van der Waals surface area contributed by atoms with Crippen molar-refractivity contribution in [3.63, 3.8) is 0 Å². The minimum absolute atomic E-state index is 0.443. The van der Waals surface area contributed by atoms with Crippen LogP contribution in [0.4, 0.5) is 0 Å². The Morgan fingerprint density at radius 3 is 2.05 bits per heavy atom. The molecule has 0 saturated carbocycles. The SMILES string of the molecule is CCCCCCCCCCCCN1CCCC(=O)C1. The molecule has 0 N–H and O–H groups in total. The maximum atomic E-state index is 11.3. The molecule has 0 aromatic heterocycles. The number of hydrogen-bond donors (Lipinski definition) is 0. The van der Waals surface area contributed by atoms with Crippen molar-refractivity contribution < 1.29 is 4.79 Å². The molecule has 2 heteroatoms. The van der Waals surface area contributed by atoms with Gasteiger partial charge in [0.05, 0.1) is 6.54 Å². The number of nitrogens with zero attached hydrogens (tertiary/aromatic N) is 1. The molecule has 2 nitrogen and oxygen atoms in total. The molecule has 1 heterocycles. The Bertz CT molecular complexity index is 227. The van der Waals surface area contributed by atoms with E-state index in [4.69, 9.17) is 0 Å². The van der Waals surface area contributed by atoms with Gasteiger partial charge in [-0.15, -0.1) is 0 Å². The number of rotatable bonds is 11. The Morgan fingerprint density at radius 2 is 1.47 bits per heavy atom. The first-order valence-electron chi connectivity index (χ1n) is 8.57. The molecule has 19 heavy (non-hydrogen) atoms. The Hall–Kier alpha value is -0.370. The summed E-state index contributed by atoms with van der Waals surface area (Å²) < 4.78 is 0. The van der Waals surface area contributed by atoms with E-state index in [-0.39, 0.29) is 0 Å². The molecule has 0 aliphatic carbocycles. The zero-order chi connectivity index (χ0) is 13.8. The summed E-state index contributed by atoms with van der Waals surface area (Å²) in [7, 11) is 0. The Morgan fingerprint density at radius 1 is 0.895 bits per heavy atom. The summed E-state index contributed by atoms with van der Waals surface area (Å²) in [6.45, 7) is 5.28. The first kappa shape index (κ1) is 16.7. The van der Waals surface area contributed by atoms with Crippen molar-refractivity contribution in [3.8, 4) is 0 Å². The van der Waals surface area contributed by atoms with E-state index in [2.05, 4.69) is 11.8 Å². The third-order valence-electron chi connectivity index (χ3n) is 4.16. The van der Waals surface area contributed by atoms with Crippen LogP contribution in [0.3, 0.4) is 0 Å². The first-order chi connectivity index (χ1) is 9.33. The monoisotopic (exact) mass is 267 g/mol. The zero-order valence-electron chi connectivity index (χ0n) is 13.0. The number of hydrogen-bond acceptors (Lipinski definition) is 2. The molecule has 1 aliphatic rings. The lowest BCUT2D eigenvalue weighted by atomic mass is 10.1. The molecular formula is C17H33NO. The lowest BCUT2D eigenvalue weighted by Crippen LogP contribution is -2.36. The van der Waals surface area contributed by atoms with Crippen LogP contribution in [0.15, 0.2) is 0 Å². The van der Waals surface area contributed by atoms with Crippen LogP contribution >= 0.6 is 0 Å². The Kier molecular flexibility index (Phi) is 10.1. The van der Waals surface area contributed by atoms with Crippen molar-refractivity contribution in [3.05, 3.63) is 0 Å². The average molecular weight is 267 g/mol. The van der Waals surface area contributed by atoms with Gasteiger partial charge in [0.2, 0.25) is 0 Å². The highest BCUT2D eigenvalue weighted by atomic mass is 16.1. The molecule has 0 amide bonds. The van der Waals surface area contributed by atoms with Gasteiger partial charge in [-0.3, -0.25) is 9.69 Å². The van der Waals surface area contributed by atoms with Crippen LogP contribution in [0, 0.1) is 0 Å². The maximum absolute atomic E-state index is 11.3. The molecule has 1 fully saturated rings. The number of unbranched alkanes of at least 4 members (excludes halogenated alkanes) is 9. The fourth-order valence-electron chi connectivity index (χ4n) is 2.92. The molecule has 0 radical (unpaired) electrons. The highest BCUT2D eigenvalue weighted by Crippen LogP contribution is 2.12. The summed E-state index contributed by atoms with van der Waals surface area (Å²) in [5, 5.41) is 0. The number of carbonyl (C=O) groups excluding carboxylic acids is 1. The molecule has 0 unspecified atom stereocenters. The second kappa shape index (κ2) is 11.5.